The van der Waals surface area contributed by atoms with Crippen LogP contribution in [0.3, 0.4) is 0 Å². The van der Waals surface area contributed by atoms with Crippen LogP contribution in [0.25, 0.3) is 22.3 Å². The normalized spacial score (nSPS) is 16.1. The zero-order valence-corrected chi connectivity index (χ0v) is 17.9. The van der Waals surface area contributed by atoms with Crippen molar-refractivity contribution in [2.45, 2.75) is 18.9 Å². The number of benzene rings is 3. The number of halogens is 1. The van der Waals surface area contributed by atoms with Crippen molar-refractivity contribution in [3.8, 4) is 22.9 Å². The summed E-state index contributed by atoms with van der Waals surface area (Å²) in [5.41, 5.74) is 2.59. The first-order valence-electron chi connectivity index (χ1n) is 10.3. The van der Waals surface area contributed by atoms with Crippen LogP contribution in [0, 0.1) is 0 Å². The van der Waals surface area contributed by atoms with Gasteiger partial charge in [-0.2, -0.15) is 0 Å². The van der Waals surface area contributed by atoms with E-state index in [4.69, 9.17) is 26.3 Å². The number of aromatic nitrogens is 2. The van der Waals surface area contributed by atoms with Crippen molar-refractivity contribution in [2.75, 3.05) is 18.6 Å². The van der Waals surface area contributed by atoms with Crippen molar-refractivity contribution < 1.29 is 9.84 Å². The number of ether oxygens (including phenoxy) is 1. The molecule has 1 saturated heterocycles. The second-order valence-electron chi connectivity index (χ2n) is 7.67. The molecule has 0 aliphatic carbocycles. The van der Waals surface area contributed by atoms with Gasteiger partial charge in [-0.1, -0.05) is 35.9 Å². The van der Waals surface area contributed by atoms with Crippen molar-refractivity contribution in [1.82, 2.24) is 9.97 Å². The number of hydrogen-bond donors (Lipinski definition) is 1. The van der Waals surface area contributed by atoms with Gasteiger partial charge in [0, 0.05) is 17.0 Å². The minimum atomic E-state index is 0.156. The van der Waals surface area contributed by atoms with Crippen molar-refractivity contribution >= 4 is 28.3 Å². The summed E-state index contributed by atoms with van der Waals surface area (Å²) in [6.45, 7) is 0.894. The van der Waals surface area contributed by atoms with E-state index in [2.05, 4.69) is 17.0 Å². The van der Waals surface area contributed by atoms with Gasteiger partial charge in [0.05, 0.1) is 24.2 Å². The highest BCUT2D eigenvalue weighted by atomic mass is 35.5. The fourth-order valence-corrected chi connectivity index (χ4v) is 4.45. The molecule has 1 atom stereocenters. The Morgan fingerprint density at radius 3 is 2.61 bits per heavy atom. The van der Waals surface area contributed by atoms with Crippen LogP contribution in [0.15, 0.2) is 66.7 Å². The van der Waals surface area contributed by atoms with E-state index in [0.29, 0.717) is 16.4 Å². The summed E-state index contributed by atoms with van der Waals surface area (Å²) < 4.78 is 5.32. The minimum Gasteiger partial charge on any atom is -0.507 e. The minimum absolute atomic E-state index is 0.156. The first-order chi connectivity index (χ1) is 15.1. The molecule has 1 unspecified atom stereocenters. The molecule has 156 valence electrons. The fraction of sp³-hybridized carbons (Fsp3) is 0.200. The summed E-state index contributed by atoms with van der Waals surface area (Å²) >= 11 is 6.28. The predicted molar refractivity (Wildman–Crippen MR) is 124 cm³/mol. The number of methoxy groups -OCH3 is 1. The molecule has 5 nitrogen and oxygen atoms in total. The highest BCUT2D eigenvalue weighted by molar-refractivity contribution is 6.31. The molecule has 6 heteroatoms. The van der Waals surface area contributed by atoms with Gasteiger partial charge in [-0.25, -0.2) is 9.97 Å². The highest BCUT2D eigenvalue weighted by Crippen LogP contribution is 2.40. The van der Waals surface area contributed by atoms with Gasteiger partial charge >= 0.3 is 0 Å². The van der Waals surface area contributed by atoms with Gasteiger partial charge in [0.1, 0.15) is 17.3 Å². The smallest absolute Gasteiger partial charge is 0.165 e. The van der Waals surface area contributed by atoms with Gasteiger partial charge in [-0.15, -0.1) is 0 Å². The summed E-state index contributed by atoms with van der Waals surface area (Å²) in [5, 5.41) is 12.0. The third kappa shape index (κ3) is 3.66. The average Bonchev–Trinajstić information content (AvgIpc) is 3.28. The molecular formula is C25H22ClN3O2. The lowest BCUT2D eigenvalue weighted by atomic mass is 10.0. The van der Waals surface area contributed by atoms with Crippen molar-refractivity contribution in [3.63, 3.8) is 0 Å². The Kier molecular flexibility index (Phi) is 5.12. The second-order valence-corrected chi connectivity index (χ2v) is 8.11. The topological polar surface area (TPSA) is 58.5 Å². The maximum atomic E-state index is 10.4. The standard InChI is InChI=1S/C25H22ClN3O2/c1-31-18-11-8-16(9-12-18)22-6-4-14-29(22)25-19-13-10-17(26)15-21(19)27-24(28-25)20-5-2-3-7-23(20)30/h2-3,5,7-13,15,22,30H,4,6,14H2,1H3. The van der Waals surface area contributed by atoms with Crippen LogP contribution in [0.1, 0.15) is 24.4 Å². The van der Waals surface area contributed by atoms with Crippen LogP contribution in [-0.4, -0.2) is 28.7 Å². The lowest BCUT2D eigenvalue weighted by Gasteiger charge is -2.28. The molecule has 1 fully saturated rings. The molecule has 1 aliphatic heterocycles. The fourth-order valence-electron chi connectivity index (χ4n) is 4.28. The van der Waals surface area contributed by atoms with Gasteiger partial charge in [-0.05, 0) is 60.9 Å². The van der Waals surface area contributed by atoms with Crippen LogP contribution < -0.4 is 9.64 Å². The molecule has 0 amide bonds. The molecule has 4 aromatic rings. The van der Waals surface area contributed by atoms with E-state index in [1.54, 1.807) is 19.2 Å². The molecule has 0 spiro atoms. The monoisotopic (exact) mass is 431 g/mol. The average molecular weight is 432 g/mol. The zero-order valence-electron chi connectivity index (χ0n) is 17.1. The SMILES string of the molecule is COc1ccc(C2CCCN2c2nc(-c3ccccc3O)nc3cc(Cl)ccc23)cc1. The number of phenolic OH excluding ortho intramolecular Hbond substituents is 1. The maximum Gasteiger partial charge on any atom is 0.165 e. The molecule has 3 aromatic carbocycles. The number of anilines is 1. The summed E-state index contributed by atoms with van der Waals surface area (Å²) in [6, 6.07) is 21.3. The Labute approximate surface area is 185 Å². The Bertz CT molecular complexity index is 1240. The van der Waals surface area contributed by atoms with E-state index in [1.807, 2.05) is 42.5 Å². The summed E-state index contributed by atoms with van der Waals surface area (Å²) in [6.07, 6.45) is 2.11. The molecule has 1 aliphatic rings. The number of phenols is 1. The molecule has 2 heterocycles. The maximum absolute atomic E-state index is 10.4. The van der Waals surface area contributed by atoms with E-state index < -0.39 is 0 Å². The van der Waals surface area contributed by atoms with Crippen LogP contribution in [-0.2, 0) is 0 Å². The first kappa shape index (κ1) is 19.6. The predicted octanol–water partition coefficient (Wildman–Crippen LogP) is 6.01. The molecule has 0 radical (unpaired) electrons. The Morgan fingerprint density at radius 1 is 1.03 bits per heavy atom. The largest absolute Gasteiger partial charge is 0.507 e. The highest BCUT2D eigenvalue weighted by Gasteiger charge is 2.29. The van der Waals surface area contributed by atoms with E-state index in [1.165, 1.54) is 5.56 Å². The quantitative estimate of drug-likeness (QED) is 0.429. The van der Waals surface area contributed by atoms with E-state index in [9.17, 15) is 5.11 Å². The Balaban J connectivity index is 1.66. The molecule has 31 heavy (non-hydrogen) atoms. The third-order valence-corrected chi connectivity index (χ3v) is 6.04. The van der Waals surface area contributed by atoms with Crippen molar-refractivity contribution in [3.05, 3.63) is 77.3 Å². The summed E-state index contributed by atoms with van der Waals surface area (Å²) in [5.74, 6) is 2.35. The van der Waals surface area contributed by atoms with Gasteiger partial charge in [0.15, 0.2) is 5.82 Å². The summed E-state index contributed by atoms with van der Waals surface area (Å²) in [7, 11) is 1.68. The lowest BCUT2D eigenvalue weighted by molar-refractivity contribution is 0.414. The Morgan fingerprint density at radius 2 is 1.84 bits per heavy atom. The van der Waals surface area contributed by atoms with Gasteiger partial charge < -0.3 is 14.7 Å². The third-order valence-electron chi connectivity index (χ3n) is 5.81. The molecular weight excluding hydrogens is 410 g/mol. The van der Waals surface area contributed by atoms with Crippen LogP contribution in [0.2, 0.25) is 5.02 Å². The number of hydrogen-bond acceptors (Lipinski definition) is 5. The molecule has 0 saturated carbocycles. The molecule has 0 bridgehead atoms. The summed E-state index contributed by atoms with van der Waals surface area (Å²) in [4.78, 5) is 12.0. The van der Waals surface area contributed by atoms with E-state index in [0.717, 1.165) is 41.9 Å². The Hall–Kier alpha value is -3.31. The van der Waals surface area contributed by atoms with E-state index in [-0.39, 0.29) is 11.8 Å². The molecule has 5 rings (SSSR count). The van der Waals surface area contributed by atoms with Crippen LogP contribution in [0.5, 0.6) is 11.5 Å². The number of fused-ring (bicyclic) bond motifs is 1. The number of rotatable bonds is 4. The van der Waals surface area contributed by atoms with Gasteiger partial charge in [-0.3, -0.25) is 0 Å². The number of nitrogens with zero attached hydrogens (tertiary/aromatic N) is 3. The van der Waals surface area contributed by atoms with E-state index >= 15 is 0 Å². The number of aromatic hydroxyl groups is 1. The zero-order chi connectivity index (χ0) is 21.4. The molecule has 1 aromatic heterocycles. The van der Waals surface area contributed by atoms with Crippen molar-refractivity contribution in [2.24, 2.45) is 0 Å². The molecule has 1 N–H and O–H groups in total. The first-order valence-corrected chi connectivity index (χ1v) is 10.7. The van der Waals surface area contributed by atoms with Crippen molar-refractivity contribution in [1.29, 1.82) is 0 Å². The number of para-hydroxylation sites is 1. The van der Waals surface area contributed by atoms with Crippen LogP contribution in [0.4, 0.5) is 5.82 Å². The van der Waals surface area contributed by atoms with Gasteiger partial charge in [0.2, 0.25) is 0 Å². The van der Waals surface area contributed by atoms with Gasteiger partial charge in [0.25, 0.3) is 0 Å². The second kappa shape index (κ2) is 8.08. The lowest BCUT2D eigenvalue weighted by Crippen LogP contribution is -2.24. The van der Waals surface area contributed by atoms with Crippen LogP contribution >= 0.6 is 11.6 Å².